The first kappa shape index (κ1) is 14.7. The van der Waals surface area contributed by atoms with Gasteiger partial charge in [-0.3, -0.25) is 0 Å². The highest BCUT2D eigenvalue weighted by atomic mass is 19.1. The summed E-state index contributed by atoms with van der Waals surface area (Å²) >= 11 is 0. The van der Waals surface area contributed by atoms with Crippen molar-refractivity contribution in [3.05, 3.63) is 47.7 Å². The van der Waals surface area contributed by atoms with Crippen molar-refractivity contribution in [2.24, 2.45) is 5.92 Å². The molecule has 1 unspecified atom stereocenters. The molecule has 0 amide bonds. The van der Waals surface area contributed by atoms with Gasteiger partial charge >= 0.3 is 0 Å². The van der Waals surface area contributed by atoms with Gasteiger partial charge in [0.1, 0.15) is 23.2 Å². The second-order valence-corrected chi connectivity index (χ2v) is 4.78. The van der Waals surface area contributed by atoms with Crippen molar-refractivity contribution < 1.29 is 18.3 Å². The largest absolute Gasteiger partial charge is 0.460 e. The average Bonchev–Trinajstić information content (AvgIpc) is 2.87. The maximum Gasteiger partial charge on any atom is 0.140 e. The van der Waals surface area contributed by atoms with Gasteiger partial charge in [0.15, 0.2) is 0 Å². The number of rotatable bonds is 6. The number of hydrogen-bond acceptors (Lipinski definition) is 3. The van der Waals surface area contributed by atoms with Crippen LogP contribution in [0.4, 0.5) is 8.78 Å². The Labute approximate surface area is 116 Å². The third-order valence-corrected chi connectivity index (χ3v) is 2.97. The second-order valence-electron chi connectivity index (χ2n) is 4.78. The minimum absolute atomic E-state index is 0.108. The van der Waals surface area contributed by atoms with Crippen molar-refractivity contribution in [1.82, 2.24) is 5.32 Å². The summed E-state index contributed by atoms with van der Waals surface area (Å²) in [4.78, 5) is 0. The molecule has 2 rings (SSSR count). The molecule has 2 aromatic rings. The monoisotopic (exact) mass is 281 g/mol. The molecule has 0 saturated heterocycles. The van der Waals surface area contributed by atoms with E-state index in [1.54, 1.807) is 12.1 Å². The van der Waals surface area contributed by atoms with E-state index < -0.39 is 11.6 Å². The van der Waals surface area contributed by atoms with Gasteiger partial charge in [0.05, 0.1) is 12.1 Å². The Kier molecular flexibility index (Phi) is 4.87. The van der Waals surface area contributed by atoms with Crippen LogP contribution in [0.25, 0.3) is 11.3 Å². The van der Waals surface area contributed by atoms with Crippen molar-refractivity contribution in [2.75, 3.05) is 13.2 Å². The highest BCUT2D eigenvalue weighted by Crippen LogP contribution is 2.27. The number of hydrogen-bond donors (Lipinski definition) is 2. The molecule has 1 aromatic carbocycles. The van der Waals surface area contributed by atoms with E-state index in [9.17, 15) is 8.78 Å². The molecule has 0 radical (unpaired) electrons. The second kappa shape index (κ2) is 6.63. The van der Waals surface area contributed by atoms with E-state index >= 15 is 0 Å². The quantitative estimate of drug-likeness (QED) is 0.855. The summed E-state index contributed by atoms with van der Waals surface area (Å²) in [5.74, 6) is -0.380. The van der Waals surface area contributed by atoms with Gasteiger partial charge in [0.2, 0.25) is 0 Å². The van der Waals surface area contributed by atoms with Gasteiger partial charge in [-0.15, -0.1) is 0 Å². The van der Waals surface area contributed by atoms with Gasteiger partial charge < -0.3 is 14.8 Å². The van der Waals surface area contributed by atoms with Gasteiger partial charge in [-0.05, 0) is 30.2 Å². The molecule has 3 nitrogen and oxygen atoms in total. The molecule has 1 atom stereocenters. The standard InChI is InChI=1S/C15H17F2NO2/c1-10(9-19)7-18-8-11-5-6-14(20-11)15-12(16)3-2-4-13(15)17/h2-6,10,18-19H,7-9H2,1H3. The fourth-order valence-electron chi connectivity index (χ4n) is 1.85. The molecule has 0 spiro atoms. The zero-order valence-corrected chi connectivity index (χ0v) is 11.2. The van der Waals surface area contributed by atoms with E-state index in [0.29, 0.717) is 18.8 Å². The van der Waals surface area contributed by atoms with Crippen molar-refractivity contribution in [3.63, 3.8) is 0 Å². The van der Waals surface area contributed by atoms with Crippen LogP contribution in [0.3, 0.4) is 0 Å². The molecule has 0 fully saturated rings. The first-order chi connectivity index (χ1) is 9.61. The van der Waals surface area contributed by atoms with Crippen LogP contribution in [0.2, 0.25) is 0 Å². The molecule has 0 saturated carbocycles. The Morgan fingerprint density at radius 1 is 1.20 bits per heavy atom. The Morgan fingerprint density at radius 2 is 1.90 bits per heavy atom. The summed E-state index contributed by atoms with van der Waals surface area (Å²) in [5, 5.41) is 12.0. The van der Waals surface area contributed by atoms with Crippen molar-refractivity contribution in [3.8, 4) is 11.3 Å². The SMILES string of the molecule is CC(CO)CNCc1ccc(-c2c(F)cccc2F)o1. The lowest BCUT2D eigenvalue weighted by Crippen LogP contribution is -2.22. The molecule has 5 heteroatoms. The molecule has 0 aliphatic heterocycles. The normalized spacial score (nSPS) is 12.6. The maximum atomic E-state index is 13.6. The Bertz CT molecular complexity index is 549. The molecule has 0 bridgehead atoms. The summed E-state index contributed by atoms with van der Waals surface area (Å²) in [5.41, 5.74) is -0.150. The zero-order valence-electron chi connectivity index (χ0n) is 11.2. The van der Waals surface area contributed by atoms with Crippen LogP contribution < -0.4 is 5.32 Å². The number of nitrogens with one attached hydrogen (secondary N) is 1. The van der Waals surface area contributed by atoms with E-state index in [1.807, 2.05) is 6.92 Å². The average molecular weight is 281 g/mol. The first-order valence-corrected chi connectivity index (χ1v) is 6.46. The van der Waals surface area contributed by atoms with Crippen LogP contribution in [0, 0.1) is 17.6 Å². The van der Waals surface area contributed by atoms with Gasteiger partial charge in [-0.1, -0.05) is 13.0 Å². The molecule has 0 aliphatic rings. The number of benzene rings is 1. The van der Waals surface area contributed by atoms with Crippen LogP contribution >= 0.6 is 0 Å². The Hall–Kier alpha value is -1.72. The molecule has 1 aromatic heterocycles. The number of aliphatic hydroxyl groups is 1. The molecule has 1 heterocycles. The third kappa shape index (κ3) is 3.43. The lowest BCUT2D eigenvalue weighted by molar-refractivity contribution is 0.232. The number of halogens is 2. The van der Waals surface area contributed by atoms with Gasteiger partial charge in [0.25, 0.3) is 0 Å². The van der Waals surface area contributed by atoms with E-state index in [4.69, 9.17) is 9.52 Å². The molecule has 2 N–H and O–H groups in total. The van der Waals surface area contributed by atoms with Crippen molar-refractivity contribution in [1.29, 1.82) is 0 Å². The van der Waals surface area contributed by atoms with E-state index in [0.717, 1.165) is 0 Å². The molecule has 108 valence electrons. The zero-order chi connectivity index (χ0) is 14.5. The predicted molar refractivity (Wildman–Crippen MR) is 72.0 cm³/mol. The van der Waals surface area contributed by atoms with E-state index in [2.05, 4.69) is 5.32 Å². The summed E-state index contributed by atoms with van der Waals surface area (Å²) in [6.45, 7) is 3.10. The van der Waals surface area contributed by atoms with Crippen LogP contribution in [0.5, 0.6) is 0 Å². The van der Waals surface area contributed by atoms with Gasteiger partial charge in [0, 0.05) is 13.2 Å². The molecular formula is C15H17F2NO2. The summed E-state index contributed by atoms with van der Waals surface area (Å²) in [6, 6.07) is 6.94. The number of aliphatic hydroxyl groups excluding tert-OH is 1. The highest BCUT2D eigenvalue weighted by Gasteiger charge is 2.14. The molecule has 20 heavy (non-hydrogen) atoms. The highest BCUT2D eigenvalue weighted by molar-refractivity contribution is 5.59. The summed E-state index contributed by atoms with van der Waals surface area (Å²) in [6.07, 6.45) is 0. The van der Waals surface area contributed by atoms with E-state index in [1.165, 1.54) is 18.2 Å². The summed E-state index contributed by atoms with van der Waals surface area (Å²) in [7, 11) is 0. The lowest BCUT2D eigenvalue weighted by Gasteiger charge is -2.07. The van der Waals surface area contributed by atoms with Gasteiger partial charge in [-0.2, -0.15) is 0 Å². The minimum atomic E-state index is -0.646. The Balaban J connectivity index is 2.06. The Morgan fingerprint density at radius 3 is 2.55 bits per heavy atom. The number of furan rings is 1. The maximum absolute atomic E-state index is 13.6. The van der Waals surface area contributed by atoms with Crippen LogP contribution in [0.1, 0.15) is 12.7 Å². The van der Waals surface area contributed by atoms with Crippen molar-refractivity contribution >= 4 is 0 Å². The predicted octanol–water partition coefficient (Wildman–Crippen LogP) is 2.94. The third-order valence-electron chi connectivity index (χ3n) is 2.97. The van der Waals surface area contributed by atoms with Crippen molar-refractivity contribution in [2.45, 2.75) is 13.5 Å². The minimum Gasteiger partial charge on any atom is -0.460 e. The lowest BCUT2D eigenvalue weighted by atomic mass is 10.1. The molecule has 0 aliphatic carbocycles. The topological polar surface area (TPSA) is 45.4 Å². The van der Waals surface area contributed by atoms with Crippen LogP contribution in [0.15, 0.2) is 34.7 Å². The fourth-order valence-corrected chi connectivity index (χ4v) is 1.85. The fraction of sp³-hybridized carbons (Fsp3) is 0.333. The molecular weight excluding hydrogens is 264 g/mol. The smallest absolute Gasteiger partial charge is 0.140 e. The van der Waals surface area contributed by atoms with Crippen LogP contribution in [-0.4, -0.2) is 18.3 Å². The van der Waals surface area contributed by atoms with Gasteiger partial charge in [-0.25, -0.2) is 8.78 Å². The van der Waals surface area contributed by atoms with Crippen LogP contribution in [-0.2, 0) is 6.54 Å². The summed E-state index contributed by atoms with van der Waals surface area (Å²) < 4.78 is 32.7. The van der Waals surface area contributed by atoms with E-state index in [-0.39, 0.29) is 23.8 Å². The first-order valence-electron chi connectivity index (χ1n) is 6.46.